The number of rotatable bonds is 7. The van der Waals surface area contributed by atoms with E-state index in [1.54, 1.807) is 35.2 Å². The Bertz CT molecular complexity index is 1110. The van der Waals surface area contributed by atoms with Gasteiger partial charge in [-0.1, -0.05) is 0 Å². The Kier molecular flexibility index (Phi) is 6.54. The molecule has 9 heteroatoms. The van der Waals surface area contributed by atoms with Gasteiger partial charge in [0.2, 0.25) is 11.8 Å². The number of sulfone groups is 1. The Labute approximate surface area is 182 Å². The van der Waals surface area contributed by atoms with Crippen molar-refractivity contribution in [3.05, 3.63) is 42.0 Å². The Hall–Kier alpha value is -3.07. The molecule has 1 aliphatic rings. The van der Waals surface area contributed by atoms with Crippen LogP contribution in [0.25, 0.3) is 0 Å². The van der Waals surface area contributed by atoms with E-state index in [0.29, 0.717) is 23.6 Å². The van der Waals surface area contributed by atoms with Gasteiger partial charge in [-0.3, -0.25) is 9.59 Å². The van der Waals surface area contributed by atoms with Crippen molar-refractivity contribution in [1.29, 1.82) is 0 Å². The molecule has 1 aliphatic heterocycles. The molecular weight excluding hydrogens is 420 g/mol. The summed E-state index contributed by atoms with van der Waals surface area (Å²) in [6.45, 7) is 3.42. The monoisotopic (exact) mass is 446 g/mol. The number of nitrogens with one attached hydrogen (secondary N) is 1. The predicted octanol–water partition coefficient (Wildman–Crippen LogP) is 2.80. The molecule has 0 bridgehead atoms. The second kappa shape index (κ2) is 8.97. The van der Waals surface area contributed by atoms with E-state index < -0.39 is 15.7 Å². The minimum Gasteiger partial charge on any atom is -0.497 e. The van der Waals surface area contributed by atoms with Crippen molar-refractivity contribution in [2.75, 3.05) is 30.2 Å². The summed E-state index contributed by atoms with van der Waals surface area (Å²) in [5.74, 6) is 0.116. The first-order valence-electron chi connectivity index (χ1n) is 9.83. The van der Waals surface area contributed by atoms with Crippen LogP contribution in [-0.4, -0.2) is 46.2 Å². The second-order valence-corrected chi connectivity index (χ2v) is 9.53. The SMILES string of the molecule is COc1ccc(OC)c(NC(=O)CCS(=O)(=O)c2ccc3c(c2)CC(C)N3C(C)=O)c1. The fourth-order valence-electron chi connectivity index (χ4n) is 3.75. The fraction of sp³-hybridized carbons (Fsp3) is 0.364. The minimum absolute atomic E-state index is 0.0194. The lowest BCUT2D eigenvalue weighted by atomic mass is 10.1. The first-order valence-corrected chi connectivity index (χ1v) is 11.5. The molecule has 1 atom stereocenters. The number of ether oxygens (including phenoxy) is 2. The van der Waals surface area contributed by atoms with E-state index in [0.717, 1.165) is 11.3 Å². The Balaban J connectivity index is 1.71. The highest BCUT2D eigenvalue weighted by Crippen LogP contribution is 2.34. The molecule has 0 fully saturated rings. The molecule has 1 N–H and O–H groups in total. The fourth-order valence-corrected chi connectivity index (χ4v) is 5.04. The number of hydrogen-bond donors (Lipinski definition) is 1. The Morgan fingerprint density at radius 1 is 1.13 bits per heavy atom. The number of carbonyl (C=O) groups excluding carboxylic acids is 2. The molecule has 0 saturated carbocycles. The molecule has 2 aromatic carbocycles. The van der Waals surface area contributed by atoms with Crippen molar-refractivity contribution >= 4 is 33.0 Å². The van der Waals surface area contributed by atoms with E-state index >= 15 is 0 Å². The van der Waals surface area contributed by atoms with E-state index in [1.807, 2.05) is 6.92 Å². The summed E-state index contributed by atoms with van der Waals surface area (Å²) in [6.07, 6.45) is 0.379. The predicted molar refractivity (Wildman–Crippen MR) is 118 cm³/mol. The Morgan fingerprint density at radius 3 is 2.52 bits per heavy atom. The zero-order valence-electron chi connectivity index (χ0n) is 18.0. The van der Waals surface area contributed by atoms with Crippen LogP contribution in [-0.2, 0) is 25.8 Å². The maximum atomic E-state index is 12.8. The summed E-state index contributed by atoms with van der Waals surface area (Å²) in [6, 6.07) is 9.69. The second-order valence-electron chi connectivity index (χ2n) is 7.42. The van der Waals surface area contributed by atoms with Crippen molar-refractivity contribution in [2.24, 2.45) is 0 Å². The van der Waals surface area contributed by atoms with Gasteiger partial charge in [0, 0.05) is 31.1 Å². The van der Waals surface area contributed by atoms with Crippen LogP contribution < -0.4 is 19.7 Å². The van der Waals surface area contributed by atoms with Crippen LogP contribution in [0.1, 0.15) is 25.8 Å². The molecule has 1 unspecified atom stereocenters. The minimum atomic E-state index is -3.67. The van der Waals surface area contributed by atoms with Crippen LogP contribution in [0.3, 0.4) is 0 Å². The highest BCUT2D eigenvalue weighted by atomic mass is 32.2. The topological polar surface area (TPSA) is 102 Å². The van der Waals surface area contributed by atoms with Gasteiger partial charge in [0.1, 0.15) is 11.5 Å². The zero-order valence-corrected chi connectivity index (χ0v) is 18.8. The van der Waals surface area contributed by atoms with E-state index in [1.165, 1.54) is 27.2 Å². The zero-order chi connectivity index (χ0) is 22.8. The molecule has 2 aromatic rings. The van der Waals surface area contributed by atoms with Gasteiger partial charge < -0.3 is 19.7 Å². The van der Waals surface area contributed by atoms with Crippen LogP contribution in [0.15, 0.2) is 41.3 Å². The van der Waals surface area contributed by atoms with E-state index in [4.69, 9.17) is 9.47 Å². The summed E-state index contributed by atoms with van der Waals surface area (Å²) >= 11 is 0. The summed E-state index contributed by atoms with van der Waals surface area (Å²) in [4.78, 5) is 26.1. The third-order valence-corrected chi connectivity index (χ3v) is 6.96. The normalized spacial score (nSPS) is 15.4. The van der Waals surface area contributed by atoms with Gasteiger partial charge in [0.15, 0.2) is 9.84 Å². The molecule has 0 radical (unpaired) electrons. The third-order valence-electron chi connectivity index (χ3n) is 5.24. The van der Waals surface area contributed by atoms with Gasteiger partial charge in [-0.2, -0.15) is 0 Å². The van der Waals surface area contributed by atoms with Gasteiger partial charge in [0.05, 0.1) is 30.6 Å². The summed E-state index contributed by atoms with van der Waals surface area (Å²) < 4.78 is 36.0. The number of methoxy groups -OCH3 is 2. The van der Waals surface area contributed by atoms with Gasteiger partial charge in [-0.25, -0.2) is 8.42 Å². The molecule has 1 heterocycles. The molecule has 31 heavy (non-hydrogen) atoms. The maximum absolute atomic E-state index is 12.8. The first-order chi connectivity index (χ1) is 14.7. The molecule has 0 spiro atoms. The summed E-state index contributed by atoms with van der Waals surface area (Å²) in [5.41, 5.74) is 1.95. The van der Waals surface area contributed by atoms with Crippen LogP contribution in [0, 0.1) is 0 Å². The first kappa shape index (κ1) is 22.6. The van der Waals surface area contributed by atoms with Gasteiger partial charge >= 0.3 is 0 Å². The number of carbonyl (C=O) groups is 2. The number of amides is 2. The van der Waals surface area contributed by atoms with Gasteiger partial charge in [-0.15, -0.1) is 0 Å². The molecule has 2 amide bonds. The van der Waals surface area contributed by atoms with E-state index in [9.17, 15) is 18.0 Å². The molecular formula is C22H26N2O6S. The van der Waals surface area contributed by atoms with Crippen molar-refractivity contribution in [3.63, 3.8) is 0 Å². The van der Waals surface area contributed by atoms with Crippen LogP contribution in [0.2, 0.25) is 0 Å². The lowest BCUT2D eigenvalue weighted by Gasteiger charge is -2.20. The smallest absolute Gasteiger partial charge is 0.225 e. The summed E-state index contributed by atoms with van der Waals surface area (Å²) in [7, 11) is -0.690. The van der Waals surface area contributed by atoms with E-state index in [2.05, 4.69) is 5.32 Å². The lowest BCUT2D eigenvalue weighted by Crippen LogP contribution is -2.33. The average molecular weight is 447 g/mol. The maximum Gasteiger partial charge on any atom is 0.225 e. The lowest BCUT2D eigenvalue weighted by molar-refractivity contribution is -0.117. The highest BCUT2D eigenvalue weighted by molar-refractivity contribution is 7.91. The molecule has 3 rings (SSSR count). The number of benzene rings is 2. The van der Waals surface area contributed by atoms with Crippen molar-refractivity contribution < 1.29 is 27.5 Å². The molecule has 0 aromatic heterocycles. The van der Waals surface area contributed by atoms with Crippen LogP contribution >= 0.6 is 0 Å². The molecule has 0 saturated heterocycles. The van der Waals surface area contributed by atoms with Crippen LogP contribution in [0.5, 0.6) is 11.5 Å². The largest absolute Gasteiger partial charge is 0.497 e. The number of fused-ring (bicyclic) bond motifs is 1. The number of anilines is 2. The van der Waals surface area contributed by atoms with Crippen molar-refractivity contribution in [1.82, 2.24) is 0 Å². The quantitative estimate of drug-likeness (QED) is 0.702. The number of hydrogen-bond acceptors (Lipinski definition) is 6. The van der Waals surface area contributed by atoms with Gasteiger partial charge in [0.25, 0.3) is 0 Å². The van der Waals surface area contributed by atoms with Crippen LogP contribution in [0.4, 0.5) is 11.4 Å². The van der Waals surface area contributed by atoms with Crippen molar-refractivity contribution in [3.8, 4) is 11.5 Å². The van der Waals surface area contributed by atoms with Gasteiger partial charge in [-0.05, 0) is 49.2 Å². The van der Waals surface area contributed by atoms with Crippen molar-refractivity contribution in [2.45, 2.75) is 37.6 Å². The molecule has 166 valence electrons. The third kappa shape index (κ3) is 4.82. The number of nitrogens with zero attached hydrogens (tertiary/aromatic N) is 1. The standard InChI is InChI=1S/C22H26N2O6S/c1-14-11-16-12-18(6-7-20(16)24(14)15(2)25)31(27,28)10-9-22(26)23-19-13-17(29-3)5-8-21(19)30-4/h5-8,12-14H,9-11H2,1-4H3,(H,23,26). The van der Waals surface area contributed by atoms with E-state index in [-0.39, 0.29) is 29.0 Å². The molecule has 8 nitrogen and oxygen atoms in total. The Morgan fingerprint density at radius 2 is 1.87 bits per heavy atom. The average Bonchev–Trinajstić information content (AvgIpc) is 3.07. The molecule has 0 aliphatic carbocycles. The highest BCUT2D eigenvalue weighted by Gasteiger charge is 2.30. The summed E-state index contributed by atoms with van der Waals surface area (Å²) in [5, 5.41) is 2.67.